The first-order valence-corrected chi connectivity index (χ1v) is 9.86. The highest BCUT2D eigenvalue weighted by Gasteiger charge is 2.31. The van der Waals surface area contributed by atoms with E-state index in [0.29, 0.717) is 24.7 Å². The van der Waals surface area contributed by atoms with Crippen LogP contribution in [0.4, 0.5) is 0 Å². The topological polar surface area (TPSA) is 72.9 Å². The van der Waals surface area contributed by atoms with Crippen LogP contribution in [0.25, 0.3) is 0 Å². The van der Waals surface area contributed by atoms with E-state index in [-0.39, 0.29) is 11.3 Å². The first-order chi connectivity index (χ1) is 10.4. The SMILES string of the molecule is COc1ccccc1OCC1SCCN1C(=O)CS(C)(=O)=O. The molecule has 0 aromatic heterocycles. The summed E-state index contributed by atoms with van der Waals surface area (Å²) < 4.78 is 33.5. The van der Waals surface area contributed by atoms with Crippen molar-refractivity contribution >= 4 is 27.5 Å². The first-order valence-electron chi connectivity index (χ1n) is 6.75. The Morgan fingerprint density at radius 3 is 2.68 bits per heavy atom. The normalized spacial score (nSPS) is 18.3. The number of carbonyl (C=O) groups is 1. The Balaban J connectivity index is 1.98. The summed E-state index contributed by atoms with van der Waals surface area (Å²) in [5, 5.41) is -0.181. The molecule has 0 saturated carbocycles. The van der Waals surface area contributed by atoms with Crippen molar-refractivity contribution < 1.29 is 22.7 Å². The summed E-state index contributed by atoms with van der Waals surface area (Å²) >= 11 is 1.58. The molecule has 1 fully saturated rings. The summed E-state index contributed by atoms with van der Waals surface area (Å²) in [6, 6.07) is 7.27. The maximum absolute atomic E-state index is 12.1. The number of ether oxygens (including phenoxy) is 2. The summed E-state index contributed by atoms with van der Waals surface area (Å²) in [4.78, 5) is 13.6. The maximum Gasteiger partial charge on any atom is 0.238 e. The van der Waals surface area contributed by atoms with E-state index in [2.05, 4.69) is 0 Å². The smallest absolute Gasteiger partial charge is 0.238 e. The van der Waals surface area contributed by atoms with E-state index in [0.717, 1.165) is 12.0 Å². The van der Waals surface area contributed by atoms with E-state index < -0.39 is 15.6 Å². The van der Waals surface area contributed by atoms with Crippen molar-refractivity contribution in [3.63, 3.8) is 0 Å². The van der Waals surface area contributed by atoms with Gasteiger partial charge in [0.25, 0.3) is 0 Å². The molecule has 1 amide bonds. The lowest BCUT2D eigenvalue weighted by atomic mass is 10.3. The molecule has 1 aliphatic heterocycles. The second-order valence-corrected chi connectivity index (χ2v) is 8.37. The van der Waals surface area contributed by atoms with Crippen molar-refractivity contribution in [3.8, 4) is 11.5 Å². The van der Waals surface area contributed by atoms with Crippen molar-refractivity contribution in [1.29, 1.82) is 0 Å². The summed E-state index contributed by atoms with van der Waals surface area (Å²) in [5.41, 5.74) is 0. The molecule has 1 aromatic carbocycles. The average Bonchev–Trinajstić information content (AvgIpc) is 2.92. The Kier molecular flexibility index (Phi) is 5.57. The van der Waals surface area contributed by atoms with E-state index in [1.54, 1.807) is 35.9 Å². The highest BCUT2D eigenvalue weighted by atomic mass is 32.2. The number of carbonyl (C=O) groups excluding carboxylic acids is 1. The number of nitrogens with zero attached hydrogens (tertiary/aromatic N) is 1. The Morgan fingerprint density at radius 2 is 2.05 bits per heavy atom. The van der Waals surface area contributed by atoms with Gasteiger partial charge in [-0.25, -0.2) is 8.42 Å². The second-order valence-electron chi connectivity index (χ2n) is 4.94. The van der Waals surface area contributed by atoms with Crippen molar-refractivity contribution in [2.45, 2.75) is 5.37 Å². The molecule has 8 heteroatoms. The summed E-state index contributed by atoms with van der Waals surface area (Å²) in [6.07, 6.45) is 1.06. The lowest BCUT2D eigenvalue weighted by Crippen LogP contribution is -2.41. The molecule has 1 heterocycles. The van der Waals surface area contributed by atoms with Gasteiger partial charge >= 0.3 is 0 Å². The van der Waals surface area contributed by atoms with Crippen molar-refractivity contribution in [3.05, 3.63) is 24.3 Å². The van der Waals surface area contributed by atoms with Crippen LogP contribution < -0.4 is 9.47 Å². The van der Waals surface area contributed by atoms with Gasteiger partial charge in [0.15, 0.2) is 21.3 Å². The lowest BCUT2D eigenvalue weighted by Gasteiger charge is -2.24. The molecule has 0 N–H and O–H groups in total. The summed E-state index contributed by atoms with van der Waals surface area (Å²) in [5.74, 6) is 1.17. The van der Waals surface area contributed by atoms with Crippen LogP contribution in [-0.2, 0) is 14.6 Å². The van der Waals surface area contributed by atoms with Gasteiger partial charge in [-0.05, 0) is 12.1 Å². The monoisotopic (exact) mass is 345 g/mol. The highest BCUT2D eigenvalue weighted by molar-refractivity contribution is 8.00. The highest BCUT2D eigenvalue weighted by Crippen LogP contribution is 2.29. The Hall–Kier alpha value is -1.41. The number of para-hydroxylation sites is 2. The van der Waals surface area contributed by atoms with Crippen LogP contribution in [0.15, 0.2) is 24.3 Å². The fourth-order valence-corrected chi connectivity index (χ4v) is 3.91. The molecule has 1 saturated heterocycles. The van der Waals surface area contributed by atoms with Crippen LogP contribution in [0, 0.1) is 0 Å². The van der Waals surface area contributed by atoms with Gasteiger partial charge < -0.3 is 14.4 Å². The second kappa shape index (κ2) is 7.23. The van der Waals surface area contributed by atoms with Gasteiger partial charge in [0.2, 0.25) is 5.91 Å². The van der Waals surface area contributed by atoms with Crippen molar-refractivity contribution in [2.75, 3.05) is 38.0 Å². The summed E-state index contributed by atoms with van der Waals surface area (Å²) in [7, 11) is -1.76. The molecule has 0 bridgehead atoms. The molecule has 1 unspecified atom stereocenters. The number of sulfone groups is 1. The molecular weight excluding hydrogens is 326 g/mol. The van der Waals surface area contributed by atoms with Gasteiger partial charge in [-0.2, -0.15) is 0 Å². The molecule has 2 rings (SSSR count). The van der Waals surface area contributed by atoms with Gasteiger partial charge in [-0.3, -0.25) is 4.79 Å². The van der Waals surface area contributed by atoms with E-state index in [1.165, 1.54) is 0 Å². The minimum Gasteiger partial charge on any atom is -0.493 e. The van der Waals surface area contributed by atoms with Gasteiger partial charge in [-0.15, -0.1) is 11.8 Å². The van der Waals surface area contributed by atoms with Gasteiger partial charge in [0, 0.05) is 18.6 Å². The number of rotatable bonds is 6. The molecule has 1 aliphatic rings. The lowest BCUT2D eigenvalue weighted by molar-refractivity contribution is -0.128. The van der Waals surface area contributed by atoms with Crippen LogP contribution in [0.3, 0.4) is 0 Å². The van der Waals surface area contributed by atoms with Crippen LogP contribution >= 0.6 is 11.8 Å². The third-order valence-corrected chi connectivity index (χ3v) is 5.11. The maximum atomic E-state index is 12.1. The third kappa shape index (κ3) is 4.54. The zero-order valence-corrected chi connectivity index (χ0v) is 14.2. The molecule has 1 aromatic rings. The molecule has 6 nitrogen and oxygen atoms in total. The van der Waals surface area contributed by atoms with Gasteiger partial charge in [0.1, 0.15) is 17.7 Å². The fraction of sp³-hybridized carbons (Fsp3) is 0.500. The number of hydrogen-bond donors (Lipinski definition) is 0. The van der Waals surface area contributed by atoms with Crippen molar-refractivity contribution in [2.24, 2.45) is 0 Å². The Bertz CT molecular complexity index is 632. The molecule has 22 heavy (non-hydrogen) atoms. The number of methoxy groups -OCH3 is 1. The number of benzene rings is 1. The fourth-order valence-electron chi connectivity index (χ4n) is 2.15. The van der Waals surface area contributed by atoms with E-state index in [4.69, 9.17) is 9.47 Å². The Labute approximate surface area is 134 Å². The molecular formula is C14H19NO5S2. The van der Waals surface area contributed by atoms with Crippen LogP contribution in [-0.4, -0.2) is 62.6 Å². The predicted molar refractivity (Wildman–Crippen MR) is 86.2 cm³/mol. The van der Waals surface area contributed by atoms with Crippen molar-refractivity contribution in [1.82, 2.24) is 4.90 Å². The van der Waals surface area contributed by atoms with Crippen LogP contribution in [0.2, 0.25) is 0 Å². The summed E-state index contributed by atoms with van der Waals surface area (Å²) in [6.45, 7) is 0.833. The van der Waals surface area contributed by atoms with Gasteiger partial charge in [-0.1, -0.05) is 12.1 Å². The minimum atomic E-state index is -3.32. The van der Waals surface area contributed by atoms with Crippen LogP contribution in [0.1, 0.15) is 0 Å². The quantitative estimate of drug-likeness (QED) is 0.766. The van der Waals surface area contributed by atoms with Gasteiger partial charge in [0.05, 0.1) is 7.11 Å². The third-order valence-electron chi connectivity index (χ3n) is 3.15. The number of thioether (sulfide) groups is 1. The molecule has 0 radical (unpaired) electrons. The largest absolute Gasteiger partial charge is 0.493 e. The minimum absolute atomic E-state index is 0.181. The Morgan fingerprint density at radius 1 is 1.36 bits per heavy atom. The zero-order valence-electron chi connectivity index (χ0n) is 12.5. The molecule has 122 valence electrons. The molecule has 1 atom stereocenters. The zero-order chi connectivity index (χ0) is 16.2. The van der Waals surface area contributed by atoms with Crippen LogP contribution in [0.5, 0.6) is 11.5 Å². The standard InChI is InChI=1S/C14H19NO5S2/c1-19-11-5-3-4-6-12(11)20-9-14-15(7-8-21-14)13(16)10-22(2,17)18/h3-6,14H,7-10H2,1-2H3. The molecule has 0 spiro atoms. The average molecular weight is 345 g/mol. The van der Waals surface area contributed by atoms with E-state index in [1.807, 2.05) is 12.1 Å². The van der Waals surface area contributed by atoms with E-state index >= 15 is 0 Å². The van der Waals surface area contributed by atoms with E-state index in [9.17, 15) is 13.2 Å². The predicted octanol–water partition coefficient (Wildman–Crippen LogP) is 1.02. The first kappa shape index (κ1) is 17.0. The molecule has 0 aliphatic carbocycles. The number of amides is 1. The number of hydrogen-bond acceptors (Lipinski definition) is 6.